The van der Waals surface area contributed by atoms with Crippen molar-refractivity contribution in [1.82, 2.24) is 25.2 Å². The van der Waals surface area contributed by atoms with Crippen LogP contribution in [0.5, 0.6) is 11.5 Å². The molecule has 4 aliphatic rings. The summed E-state index contributed by atoms with van der Waals surface area (Å²) in [6.45, 7) is 10.6. The maximum absolute atomic E-state index is 14.9. The van der Waals surface area contributed by atoms with Gasteiger partial charge in [0.15, 0.2) is 0 Å². The highest BCUT2D eigenvalue weighted by atomic mass is 32.2. The van der Waals surface area contributed by atoms with E-state index in [9.17, 15) is 27.6 Å². The number of carbonyl (C=O) groups is 4. The lowest BCUT2D eigenvalue weighted by Gasteiger charge is -2.37. The summed E-state index contributed by atoms with van der Waals surface area (Å²) in [5, 5.41) is 6.50. The highest BCUT2D eigenvalue weighted by Gasteiger charge is 2.75. The molecule has 4 fully saturated rings. The number of alkyl carbamates (subject to hydrolysis) is 1. The number of nitrogens with zero attached hydrogens (tertiary/aromatic N) is 2. The van der Waals surface area contributed by atoms with Crippen molar-refractivity contribution in [2.45, 2.75) is 127 Å². The molecule has 3 aliphatic carbocycles. The number of nitrogens with one attached hydrogen (secondary N) is 3. The van der Waals surface area contributed by atoms with Gasteiger partial charge in [0.2, 0.25) is 21.8 Å². The van der Waals surface area contributed by atoms with Gasteiger partial charge in [0.1, 0.15) is 40.8 Å². The molecule has 1 aromatic heterocycles. The molecule has 1 unspecified atom stereocenters. The number of fused-ring (bicyclic) bond motifs is 1. The Morgan fingerprint density at radius 1 is 0.891 bits per heavy atom. The number of likely N-dealkylation sites (tertiary alicyclic amines) is 1. The maximum Gasteiger partial charge on any atom is 0.408 e. The average Bonchev–Trinajstić information content (AvgIpc) is 4.12. The van der Waals surface area contributed by atoms with Gasteiger partial charge < -0.3 is 29.7 Å². The van der Waals surface area contributed by atoms with Crippen LogP contribution in [-0.2, 0) is 35.6 Å². The number of ether oxygens (including phenoxy) is 3. The fourth-order valence-electron chi connectivity index (χ4n) is 9.44. The van der Waals surface area contributed by atoms with Gasteiger partial charge in [-0.1, -0.05) is 87.9 Å². The molecule has 3 aromatic carbocycles. The van der Waals surface area contributed by atoms with E-state index in [-0.39, 0.29) is 25.8 Å². The van der Waals surface area contributed by atoms with Gasteiger partial charge in [-0.05, 0) is 82.4 Å². The molecule has 15 heteroatoms. The fourth-order valence-corrected chi connectivity index (χ4v) is 11.1. The average molecular weight is 894 g/mol. The number of methoxy groups -OCH3 is 1. The number of sulfonamides is 1. The van der Waals surface area contributed by atoms with Crippen LogP contribution in [0.1, 0.15) is 92.1 Å². The number of rotatable bonds is 13. The van der Waals surface area contributed by atoms with Crippen molar-refractivity contribution in [3.05, 3.63) is 90.5 Å². The first-order valence-electron chi connectivity index (χ1n) is 22.1. The molecule has 4 aromatic rings. The largest absolute Gasteiger partial charge is 0.497 e. The SMILES string of the molecule is COc1ccc2c(O[C@@H]3C[C@@H](C(=O)NC4(C(=O)NS(=O)(=O)C5(Cc6ccccc6)CC5)CC45CCC5)N(C(=O)[C@@H](NC(=O)OC(C)(C)C)C(C)(C)C)C3)cc(-c3ccccc3)nc2c1. The zero-order valence-corrected chi connectivity index (χ0v) is 38.5. The van der Waals surface area contributed by atoms with Gasteiger partial charge in [0.25, 0.3) is 5.91 Å². The van der Waals surface area contributed by atoms with Crippen LogP contribution in [-0.4, -0.2) is 89.8 Å². The van der Waals surface area contributed by atoms with Gasteiger partial charge in [0.05, 0.1) is 29.6 Å². The van der Waals surface area contributed by atoms with Crippen LogP contribution in [0.25, 0.3) is 22.2 Å². The molecule has 1 aliphatic heterocycles. The lowest BCUT2D eigenvalue weighted by Crippen LogP contribution is -2.61. The minimum atomic E-state index is -4.14. The molecule has 1 spiro atoms. The Hall–Kier alpha value is -5.70. The molecular formula is C49H59N5O9S. The lowest BCUT2D eigenvalue weighted by molar-refractivity contribution is -0.143. The highest BCUT2D eigenvalue weighted by Crippen LogP contribution is 2.68. The van der Waals surface area contributed by atoms with E-state index in [2.05, 4.69) is 15.4 Å². The number of aromatic nitrogens is 1. The third kappa shape index (κ3) is 8.75. The zero-order chi connectivity index (χ0) is 45.9. The van der Waals surface area contributed by atoms with Gasteiger partial charge in [-0.3, -0.25) is 19.1 Å². The van der Waals surface area contributed by atoms with Crippen molar-refractivity contribution >= 4 is 44.7 Å². The van der Waals surface area contributed by atoms with Crippen LogP contribution in [0.15, 0.2) is 84.9 Å². The summed E-state index contributed by atoms with van der Waals surface area (Å²) in [6, 6.07) is 24.0. The van der Waals surface area contributed by atoms with Gasteiger partial charge in [-0.25, -0.2) is 18.2 Å². The van der Waals surface area contributed by atoms with E-state index in [0.717, 1.165) is 17.5 Å². The number of amides is 4. The minimum Gasteiger partial charge on any atom is -0.497 e. The molecule has 4 atom stereocenters. The molecule has 3 N–H and O–H groups in total. The fraction of sp³-hybridized carbons (Fsp3) is 0.490. The summed E-state index contributed by atoms with van der Waals surface area (Å²) in [5.74, 6) is -0.818. The molecule has 0 bridgehead atoms. The first-order valence-corrected chi connectivity index (χ1v) is 23.6. The standard InChI is InChI=1S/C49H59N5O9S/c1-45(2,3)40(51-44(58)63-46(4,5)6)42(56)54-29-34(62-39-27-36(32-17-12-9-13-18-32)50-37-25-33(61-7)19-20-35(37)39)26-38(54)41(55)52-49(30-47(49)21-14-22-47)43(57)53-64(59,60)48(23-24-48)28-31-15-10-8-11-16-31/h8-13,15-20,25,27,34,38,40H,14,21-24,26,28-30H2,1-7H3,(H,51,58)(H,52,55)(H,53,57)/t34-,38+,40-,49?/m1/s1. The molecule has 64 heavy (non-hydrogen) atoms. The Bertz CT molecular complexity index is 2570. The normalized spacial score (nSPS) is 22.5. The first kappa shape index (κ1) is 44.9. The van der Waals surface area contributed by atoms with E-state index in [1.54, 1.807) is 33.9 Å². The van der Waals surface area contributed by atoms with Crippen molar-refractivity contribution in [3.8, 4) is 22.8 Å². The molecule has 340 valence electrons. The number of hydrogen-bond acceptors (Lipinski definition) is 10. The van der Waals surface area contributed by atoms with E-state index in [4.69, 9.17) is 19.2 Å². The maximum atomic E-state index is 14.9. The number of carbonyl (C=O) groups excluding carboxylic acids is 4. The van der Waals surface area contributed by atoms with Crippen LogP contribution in [0.3, 0.4) is 0 Å². The molecule has 3 saturated carbocycles. The van der Waals surface area contributed by atoms with Crippen molar-refractivity contribution in [2.75, 3.05) is 13.7 Å². The third-order valence-electron chi connectivity index (χ3n) is 13.4. The predicted molar refractivity (Wildman–Crippen MR) is 242 cm³/mol. The lowest BCUT2D eigenvalue weighted by atomic mass is 9.77. The summed E-state index contributed by atoms with van der Waals surface area (Å²) >= 11 is 0. The monoisotopic (exact) mass is 893 g/mol. The summed E-state index contributed by atoms with van der Waals surface area (Å²) in [7, 11) is -2.57. The van der Waals surface area contributed by atoms with Crippen molar-refractivity contribution in [1.29, 1.82) is 0 Å². The molecule has 0 radical (unpaired) electrons. The second-order valence-corrected chi connectivity index (χ2v) is 22.2. The summed E-state index contributed by atoms with van der Waals surface area (Å²) in [4.78, 5) is 63.9. The Labute approximate surface area is 375 Å². The van der Waals surface area contributed by atoms with Crippen molar-refractivity contribution < 1.29 is 41.8 Å². The first-order chi connectivity index (χ1) is 30.2. The number of hydrogen-bond donors (Lipinski definition) is 3. The van der Waals surface area contributed by atoms with E-state index >= 15 is 0 Å². The quantitative estimate of drug-likeness (QED) is 0.128. The Balaban J connectivity index is 1.11. The molecule has 4 amide bonds. The van der Waals surface area contributed by atoms with E-state index in [1.165, 1.54) is 4.90 Å². The minimum absolute atomic E-state index is 0.0324. The summed E-state index contributed by atoms with van der Waals surface area (Å²) in [5.41, 5.74) is -0.796. The summed E-state index contributed by atoms with van der Waals surface area (Å²) in [6.07, 6.45) is 2.00. The molecule has 8 rings (SSSR count). The molecule has 1 saturated heterocycles. The van der Waals surface area contributed by atoms with Crippen LogP contribution in [0.2, 0.25) is 0 Å². The zero-order valence-electron chi connectivity index (χ0n) is 37.7. The van der Waals surface area contributed by atoms with Crippen LogP contribution < -0.4 is 24.8 Å². The number of pyridine rings is 1. The second kappa shape index (κ2) is 16.4. The van der Waals surface area contributed by atoms with E-state index in [1.807, 2.05) is 99.6 Å². The highest BCUT2D eigenvalue weighted by molar-refractivity contribution is 7.91. The predicted octanol–water partition coefficient (Wildman–Crippen LogP) is 6.85. The van der Waals surface area contributed by atoms with Gasteiger partial charge in [-0.15, -0.1) is 0 Å². The third-order valence-corrected chi connectivity index (χ3v) is 15.5. The smallest absolute Gasteiger partial charge is 0.408 e. The topological polar surface area (TPSA) is 182 Å². The van der Waals surface area contributed by atoms with Crippen molar-refractivity contribution in [3.63, 3.8) is 0 Å². The van der Waals surface area contributed by atoms with Gasteiger partial charge in [-0.2, -0.15) is 0 Å². The van der Waals surface area contributed by atoms with E-state index < -0.39 is 78.7 Å². The van der Waals surface area contributed by atoms with Crippen LogP contribution in [0, 0.1) is 10.8 Å². The Kier molecular flexibility index (Phi) is 11.5. The molecule has 2 heterocycles. The van der Waals surface area contributed by atoms with Crippen LogP contribution >= 0.6 is 0 Å². The molecular weight excluding hydrogens is 835 g/mol. The van der Waals surface area contributed by atoms with Gasteiger partial charge >= 0.3 is 6.09 Å². The molecule has 14 nitrogen and oxygen atoms in total. The Morgan fingerprint density at radius 3 is 2.14 bits per heavy atom. The van der Waals surface area contributed by atoms with E-state index in [0.29, 0.717) is 53.8 Å². The van der Waals surface area contributed by atoms with Gasteiger partial charge in [0, 0.05) is 34.9 Å². The Morgan fingerprint density at radius 2 is 1.56 bits per heavy atom. The second-order valence-electron chi connectivity index (χ2n) is 20.2. The number of benzene rings is 3. The van der Waals surface area contributed by atoms with Crippen LogP contribution in [0.4, 0.5) is 4.79 Å². The van der Waals surface area contributed by atoms with Crippen molar-refractivity contribution in [2.24, 2.45) is 10.8 Å². The summed E-state index contributed by atoms with van der Waals surface area (Å²) < 4.78 is 47.3.